The van der Waals surface area contributed by atoms with Crippen LogP contribution in [-0.4, -0.2) is 0 Å². The number of rotatable bonds is 12. The number of nitriles is 6. The van der Waals surface area contributed by atoms with Crippen molar-refractivity contribution in [1.82, 2.24) is 0 Å². The van der Waals surface area contributed by atoms with Crippen molar-refractivity contribution < 1.29 is 0 Å². The van der Waals surface area contributed by atoms with E-state index in [1.807, 2.05) is 12.1 Å². The van der Waals surface area contributed by atoms with Crippen LogP contribution >= 0.6 is 0 Å². The summed E-state index contributed by atoms with van der Waals surface area (Å²) in [4.78, 5) is 0. The number of hydrogen-bond donors (Lipinski definition) is 0. The Kier molecular flexibility index (Phi) is 10.9. The van der Waals surface area contributed by atoms with E-state index in [-0.39, 0.29) is 6.42 Å². The molecule has 0 aromatic heterocycles. The lowest BCUT2D eigenvalue weighted by Gasteiger charge is -2.29. The fourth-order valence-electron chi connectivity index (χ4n) is 2.76. The molecule has 0 rings (SSSR count). The van der Waals surface area contributed by atoms with Gasteiger partial charge in [0, 0.05) is 6.42 Å². The molecular weight excluding hydrogens is 312 g/mol. The Hall–Kier alpha value is -3.06. The molecule has 0 unspecified atom stereocenters. The third-order valence-corrected chi connectivity index (χ3v) is 4.43. The third kappa shape index (κ3) is 6.15. The van der Waals surface area contributed by atoms with Crippen LogP contribution in [0.1, 0.15) is 70.6 Å². The van der Waals surface area contributed by atoms with Gasteiger partial charge >= 0.3 is 0 Å². The van der Waals surface area contributed by atoms with Crippen molar-refractivity contribution in [2.45, 2.75) is 70.6 Å². The zero-order valence-electron chi connectivity index (χ0n) is 14.5. The molecule has 0 heterocycles. The van der Waals surface area contributed by atoms with Gasteiger partial charge in [0.1, 0.15) is 0 Å². The molecule has 0 fully saturated rings. The van der Waals surface area contributed by atoms with Crippen LogP contribution in [0.4, 0.5) is 0 Å². The van der Waals surface area contributed by atoms with Gasteiger partial charge in [0.05, 0.1) is 42.8 Å². The smallest absolute Gasteiger partial charge is 0.188 e. The average Bonchev–Trinajstić information content (AvgIpc) is 2.65. The first-order valence-electron chi connectivity index (χ1n) is 8.51. The van der Waals surface area contributed by atoms with Gasteiger partial charge in [-0.25, -0.2) is 0 Å². The van der Waals surface area contributed by atoms with Gasteiger partial charge < -0.3 is 0 Å². The van der Waals surface area contributed by atoms with Gasteiger partial charge in [0.15, 0.2) is 10.8 Å². The molecule has 0 aliphatic heterocycles. The van der Waals surface area contributed by atoms with Crippen molar-refractivity contribution in [3.8, 4) is 36.4 Å². The molecule has 0 aromatic rings. The molecule has 0 aliphatic carbocycles. The lowest BCUT2D eigenvalue weighted by atomic mass is 9.62. The zero-order chi connectivity index (χ0) is 19.0. The van der Waals surface area contributed by atoms with Gasteiger partial charge in [-0.2, -0.15) is 31.6 Å². The van der Waals surface area contributed by atoms with E-state index in [1.54, 1.807) is 18.2 Å². The summed E-state index contributed by atoms with van der Waals surface area (Å²) in [6.07, 6.45) is 7.80. The molecule has 0 bridgehead atoms. The SMILES string of the molecule is N#CCCCCCCCCCCC(C#N)(C#N)C(C#N)(C#N)CC#N. The molecular formula is C19H22N6. The molecule has 0 spiro atoms. The van der Waals surface area contributed by atoms with Crippen LogP contribution in [0.5, 0.6) is 0 Å². The Labute approximate surface area is 150 Å². The van der Waals surface area contributed by atoms with E-state index in [4.69, 9.17) is 10.5 Å². The van der Waals surface area contributed by atoms with Crippen LogP contribution in [-0.2, 0) is 0 Å². The van der Waals surface area contributed by atoms with E-state index in [2.05, 4.69) is 6.07 Å². The molecule has 128 valence electrons. The van der Waals surface area contributed by atoms with E-state index in [0.29, 0.717) is 12.8 Å². The highest BCUT2D eigenvalue weighted by Gasteiger charge is 2.54. The second-order valence-corrected chi connectivity index (χ2v) is 6.08. The lowest BCUT2D eigenvalue weighted by Crippen LogP contribution is -2.38. The highest BCUT2D eigenvalue weighted by molar-refractivity contribution is 5.35. The van der Waals surface area contributed by atoms with Gasteiger partial charge in [0.2, 0.25) is 0 Å². The Morgan fingerprint density at radius 2 is 0.920 bits per heavy atom. The highest BCUT2D eigenvalue weighted by atomic mass is 14.6. The van der Waals surface area contributed by atoms with Crippen molar-refractivity contribution in [1.29, 1.82) is 31.6 Å². The van der Waals surface area contributed by atoms with Crippen LogP contribution in [0.2, 0.25) is 0 Å². The molecule has 6 heteroatoms. The Bertz CT molecular complexity index is 625. The second kappa shape index (κ2) is 12.4. The van der Waals surface area contributed by atoms with Crippen molar-refractivity contribution in [2.75, 3.05) is 0 Å². The lowest BCUT2D eigenvalue weighted by molar-refractivity contribution is 0.273. The minimum absolute atomic E-state index is 0.116. The Balaban J connectivity index is 4.45. The molecule has 0 saturated heterocycles. The summed E-state index contributed by atoms with van der Waals surface area (Å²) < 4.78 is 0. The van der Waals surface area contributed by atoms with E-state index in [1.165, 1.54) is 0 Å². The van der Waals surface area contributed by atoms with Gasteiger partial charge in [-0.15, -0.1) is 0 Å². The van der Waals surface area contributed by atoms with Crippen molar-refractivity contribution in [3.05, 3.63) is 0 Å². The first kappa shape index (κ1) is 21.9. The minimum Gasteiger partial charge on any atom is -0.198 e. The number of nitrogens with zero attached hydrogens (tertiary/aromatic N) is 6. The maximum atomic E-state index is 9.44. The maximum absolute atomic E-state index is 9.44. The molecule has 0 amide bonds. The summed E-state index contributed by atoms with van der Waals surface area (Å²) in [6.45, 7) is 0. The van der Waals surface area contributed by atoms with E-state index >= 15 is 0 Å². The Morgan fingerprint density at radius 3 is 1.32 bits per heavy atom. The predicted molar refractivity (Wildman–Crippen MR) is 89.3 cm³/mol. The monoisotopic (exact) mass is 334 g/mol. The molecule has 0 N–H and O–H groups in total. The van der Waals surface area contributed by atoms with Crippen molar-refractivity contribution in [3.63, 3.8) is 0 Å². The fourth-order valence-corrected chi connectivity index (χ4v) is 2.76. The van der Waals surface area contributed by atoms with Crippen LogP contribution in [0.25, 0.3) is 0 Å². The summed E-state index contributed by atoms with van der Waals surface area (Å²) in [7, 11) is 0. The normalized spacial score (nSPS) is 10.3. The summed E-state index contributed by atoms with van der Waals surface area (Å²) in [6, 6.07) is 11.0. The topological polar surface area (TPSA) is 143 Å². The average molecular weight is 334 g/mol. The molecule has 25 heavy (non-hydrogen) atoms. The van der Waals surface area contributed by atoms with Crippen molar-refractivity contribution >= 4 is 0 Å². The summed E-state index contributed by atoms with van der Waals surface area (Å²) in [5.74, 6) is 0. The molecule has 0 atom stereocenters. The molecule has 0 aliphatic rings. The van der Waals surface area contributed by atoms with Crippen LogP contribution < -0.4 is 0 Å². The van der Waals surface area contributed by atoms with Gasteiger partial charge in [0.25, 0.3) is 0 Å². The van der Waals surface area contributed by atoms with Crippen molar-refractivity contribution in [2.24, 2.45) is 10.8 Å². The van der Waals surface area contributed by atoms with Crippen LogP contribution in [0, 0.1) is 78.8 Å². The van der Waals surface area contributed by atoms with Gasteiger partial charge in [-0.3, -0.25) is 0 Å². The van der Waals surface area contributed by atoms with Gasteiger partial charge in [-0.1, -0.05) is 44.9 Å². The zero-order valence-corrected chi connectivity index (χ0v) is 14.5. The van der Waals surface area contributed by atoms with Gasteiger partial charge in [-0.05, 0) is 12.8 Å². The number of hydrogen-bond acceptors (Lipinski definition) is 6. The number of unbranched alkanes of at least 4 members (excludes halogenated alkanes) is 8. The third-order valence-electron chi connectivity index (χ3n) is 4.43. The maximum Gasteiger partial charge on any atom is 0.188 e. The molecule has 0 radical (unpaired) electrons. The first-order valence-corrected chi connectivity index (χ1v) is 8.51. The van der Waals surface area contributed by atoms with Crippen LogP contribution in [0.15, 0.2) is 0 Å². The Morgan fingerprint density at radius 1 is 0.480 bits per heavy atom. The standard InChI is InChI=1S/C19H22N6/c20-12-9-7-5-3-1-2-4-6-8-10-18(14-22,15-23)19(16-24,17-25)11-13-21/h1-11H2. The van der Waals surface area contributed by atoms with E-state index in [9.17, 15) is 21.0 Å². The molecule has 0 saturated carbocycles. The molecule has 6 nitrogen and oxygen atoms in total. The summed E-state index contributed by atoms with van der Waals surface area (Å²) in [5.41, 5.74) is -3.69. The molecule has 0 aromatic carbocycles. The second-order valence-electron chi connectivity index (χ2n) is 6.08. The first-order chi connectivity index (χ1) is 12.1. The van der Waals surface area contributed by atoms with Crippen LogP contribution in [0.3, 0.4) is 0 Å². The summed E-state index contributed by atoms with van der Waals surface area (Å²) >= 11 is 0. The predicted octanol–water partition coefficient (Wildman–Crippen LogP) is 4.39. The quantitative estimate of drug-likeness (QED) is 0.484. The van der Waals surface area contributed by atoms with E-state index < -0.39 is 17.3 Å². The fraction of sp³-hybridized carbons (Fsp3) is 0.684. The van der Waals surface area contributed by atoms with E-state index in [0.717, 1.165) is 44.9 Å². The minimum atomic E-state index is -1.91. The summed E-state index contributed by atoms with van der Waals surface area (Å²) in [5, 5.41) is 54.8. The largest absolute Gasteiger partial charge is 0.198 e. The highest BCUT2D eigenvalue weighted by Crippen LogP contribution is 2.44.